The van der Waals surface area contributed by atoms with Crippen molar-refractivity contribution in [3.63, 3.8) is 0 Å². The van der Waals surface area contributed by atoms with E-state index in [0.717, 1.165) is 17.5 Å². The van der Waals surface area contributed by atoms with Gasteiger partial charge < -0.3 is 4.74 Å². The molecule has 0 spiro atoms. The van der Waals surface area contributed by atoms with Crippen molar-refractivity contribution in [2.75, 3.05) is 7.11 Å². The quantitative estimate of drug-likeness (QED) is 0.921. The molecule has 22 heavy (non-hydrogen) atoms. The third-order valence-corrected chi connectivity index (χ3v) is 3.45. The van der Waals surface area contributed by atoms with E-state index in [0.29, 0.717) is 0 Å². The zero-order chi connectivity index (χ0) is 15.8. The van der Waals surface area contributed by atoms with Gasteiger partial charge in [0.25, 0.3) is 0 Å². The molecule has 0 radical (unpaired) electrons. The summed E-state index contributed by atoms with van der Waals surface area (Å²) in [5.74, 6) is -0.329. The van der Waals surface area contributed by atoms with Gasteiger partial charge in [0.15, 0.2) is 0 Å². The zero-order valence-electron chi connectivity index (χ0n) is 12.5. The van der Waals surface area contributed by atoms with Gasteiger partial charge in [-0.25, -0.2) is 4.79 Å². The molecule has 0 aliphatic carbocycles. The van der Waals surface area contributed by atoms with Gasteiger partial charge in [-0.15, -0.1) is 0 Å². The normalized spacial score (nSPS) is 11.5. The van der Waals surface area contributed by atoms with Crippen molar-refractivity contribution in [3.05, 3.63) is 71.8 Å². The molecule has 2 amide bonds. The van der Waals surface area contributed by atoms with Gasteiger partial charge in [0, 0.05) is 6.42 Å². The van der Waals surface area contributed by atoms with Crippen molar-refractivity contribution in [3.8, 4) is 0 Å². The highest BCUT2D eigenvalue weighted by molar-refractivity contribution is 5.92. The predicted octanol–water partition coefficient (Wildman–Crippen LogP) is 3.29. The second-order valence-electron chi connectivity index (χ2n) is 5.04. The van der Waals surface area contributed by atoms with E-state index in [1.165, 1.54) is 7.11 Å². The first-order valence-electron chi connectivity index (χ1n) is 7.15. The molecule has 0 aliphatic heterocycles. The van der Waals surface area contributed by atoms with E-state index in [1.807, 2.05) is 60.7 Å². The molecule has 0 saturated heterocycles. The molecule has 1 atom stereocenters. The topological polar surface area (TPSA) is 55.4 Å². The lowest BCUT2D eigenvalue weighted by atomic mass is 9.89. The van der Waals surface area contributed by atoms with Crippen LogP contribution in [0.4, 0.5) is 4.79 Å². The van der Waals surface area contributed by atoms with Crippen LogP contribution in [0.1, 0.15) is 23.5 Å². The fourth-order valence-corrected chi connectivity index (χ4v) is 2.37. The zero-order valence-corrected chi connectivity index (χ0v) is 12.5. The Morgan fingerprint density at radius 3 is 2.18 bits per heavy atom. The summed E-state index contributed by atoms with van der Waals surface area (Å²) < 4.78 is 4.46. The number of hydrogen-bond acceptors (Lipinski definition) is 3. The van der Waals surface area contributed by atoms with Gasteiger partial charge in [0.05, 0.1) is 7.11 Å². The van der Waals surface area contributed by atoms with Crippen molar-refractivity contribution in [2.45, 2.75) is 18.8 Å². The monoisotopic (exact) mass is 297 g/mol. The standard InChI is InChI=1S/C18H19NO3/c1-22-18(21)19-17(20)13-16(15-10-6-3-7-11-15)12-14-8-4-2-5-9-14/h2-11,16H,12-13H2,1H3,(H,19,20,21). The Morgan fingerprint density at radius 1 is 1.00 bits per heavy atom. The molecule has 2 aromatic carbocycles. The average molecular weight is 297 g/mol. The Bertz CT molecular complexity index is 611. The molecule has 2 aromatic rings. The van der Waals surface area contributed by atoms with Crippen molar-refractivity contribution < 1.29 is 14.3 Å². The lowest BCUT2D eigenvalue weighted by molar-refractivity contribution is -0.120. The van der Waals surface area contributed by atoms with Gasteiger partial charge >= 0.3 is 6.09 Å². The lowest BCUT2D eigenvalue weighted by Gasteiger charge is -2.17. The summed E-state index contributed by atoms with van der Waals surface area (Å²) in [6.45, 7) is 0. The van der Waals surface area contributed by atoms with Crippen LogP contribution in [0, 0.1) is 0 Å². The van der Waals surface area contributed by atoms with Gasteiger partial charge in [0.1, 0.15) is 0 Å². The number of nitrogens with one attached hydrogen (secondary N) is 1. The van der Waals surface area contributed by atoms with E-state index in [4.69, 9.17) is 0 Å². The largest absolute Gasteiger partial charge is 0.453 e. The number of ether oxygens (including phenoxy) is 1. The van der Waals surface area contributed by atoms with Crippen LogP contribution in [0.5, 0.6) is 0 Å². The predicted molar refractivity (Wildman–Crippen MR) is 84.5 cm³/mol. The van der Waals surface area contributed by atoms with Crippen LogP contribution in [0.25, 0.3) is 0 Å². The molecule has 0 aromatic heterocycles. The minimum atomic E-state index is -0.725. The van der Waals surface area contributed by atoms with Gasteiger partial charge in [-0.2, -0.15) is 0 Å². The van der Waals surface area contributed by atoms with E-state index < -0.39 is 6.09 Å². The smallest absolute Gasteiger partial charge is 0.413 e. The second kappa shape index (κ2) is 7.98. The summed E-state index contributed by atoms with van der Waals surface area (Å²) >= 11 is 0. The molecule has 1 N–H and O–H groups in total. The Balaban J connectivity index is 2.12. The minimum Gasteiger partial charge on any atom is -0.453 e. The molecule has 0 fully saturated rings. The van der Waals surface area contributed by atoms with Crippen molar-refractivity contribution in [2.24, 2.45) is 0 Å². The van der Waals surface area contributed by atoms with E-state index in [2.05, 4.69) is 10.1 Å². The first-order valence-corrected chi connectivity index (χ1v) is 7.15. The van der Waals surface area contributed by atoms with Crippen LogP contribution in [-0.4, -0.2) is 19.1 Å². The molecule has 2 rings (SSSR count). The third-order valence-electron chi connectivity index (χ3n) is 3.45. The highest BCUT2D eigenvalue weighted by atomic mass is 16.5. The third kappa shape index (κ3) is 4.74. The molecule has 0 bridgehead atoms. The Labute approximate surface area is 130 Å². The first-order chi connectivity index (χ1) is 10.7. The Kier molecular flexibility index (Phi) is 5.72. The number of alkyl carbamates (subject to hydrolysis) is 1. The maximum Gasteiger partial charge on any atom is 0.413 e. The molecule has 1 unspecified atom stereocenters. The molecule has 0 aliphatic rings. The van der Waals surface area contributed by atoms with E-state index in [-0.39, 0.29) is 18.2 Å². The van der Waals surface area contributed by atoms with Crippen molar-refractivity contribution >= 4 is 12.0 Å². The number of carbonyl (C=O) groups excluding carboxylic acids is 2. The summed E-state index contributed by atoms with van der Waals surface area (Å²) in [5.41, 5.74) is 2.23. The highest BCUT2D eigenvalue weighted by Gasteiger charge is 2.18. The van der Waals surface area contributed by atoms with Crippen LogP contribution in [0.2, 0.25) is 0 Å². The molecule has 0 heterocycles. The number of imide groups is 1. The summed E-state index contributed by atoms with van der Waals surface area (Å²) in [7, 11) is 1.24. The van der Waals surface area contributed by atoms with Crippen LogP contribution in [0.15, 0.2) is 60.7 Å². The molecule has 114 valence electrons. The SMILES string of the molecule is COC(=O)NC(=O)CC(Cc1ccccc1)c1ccccc1. The van der Waals surface area contributed by atoms with Gasteiger partial charge in [-0.05, 0) is 23.5 Å². The number of carbonyl (C=O) groups is 2. The Hall–Kier alpha value is -2.62. The van der Waals surface area contributed by atoms with E-state index in [1.54, 1.807) is 0 Å². The second-order valence-corrected chi connectivity index (χ2v) is 5.04. The fraction of sp³-hybridized carbons (Fsp3) is 0.222. The van der Waals surface area contributed by atoms with Gasteiger partial charge in [-0.3, -0.25) is 10.1 Å². The number of hydrogen-bond donors (Lipinski definition) is 1. The highest BCUT2D eigenvalue weighted by Crippen LogP contribution is 2.24. The average Bonchev–Trinajstić information content (AvgIpc) is 2.56. The van der Waals surface area contributed by atoms with Crippen LogP contribution >= 0.6 is 0 Å². The van der Waals surface area contributed by atoms with E-state index in [9.17, 15) is 9.59 Å². The number of benzene rings is 2. The van der Waals surface area contributed by atoms with Crippen molar-refractivity contribution in [1.82, 2.24) is 5.32 Å². The number of amides is 2. The molecular formula is C18H19NO3. The maximum absolute atomic E-state index is 12.0. The Morgan fingerprint density at radius 2 is 1.59 bits per heavy atom. The first kappa shape index (κ1) is 15.8. The van der Waals surface area contributed by atoms with Crippen LogP contribution < -0.4 is 5.32 Å². The lowest BCUT2D eigenvalue weighted by Crippen LogP contribution is -2.31. The summed E-state index contributed by atoms with van der Waals surface area (Å²) in [5, 5.41) is 2.22. The number of rotatable bonds is 5. The van der Waals surface area contributed by atoms with Crippen LogP contribution in [-0.2, 0) is 16.0 Å². The number of methoxy groups -OCH3 is 1. The van der Waals surface area contributed by atoms with Crippen molar-refractivity contribution in [1.29, 1.82) is 0 Å². The van der Waals surface area contributed by atoms with E-state index >= 15 is 0 Å². The molecule has 4 heteroatoms. The minimum absolute atomic E-state index is 0.00764. The molecule has 0 saturated carbocycles. The molecular weight excluding hydrogens is 278 g/mol. The summed E-state index contributed by atoms with van der Waals surface area (Å²) in [4.78, 5) is 23.1. The fourth-order valence-electron chi connectivity index (χ4n) is 2.37. The van der Waals surface area contributed by atoms with Gasteiger partial charge in [0.2, 0.25) is 5.91 Å². The van der Waals surface area contributed by atoms with Crippen LogP contribution in [0.3, 0.4) is 0 Å². The summed E-state index contributed by atoms with van der Waals surface area (Å²) in [6, 6.07) is 19.8. The van der Waals surface area contributed by atoms with Gasteiger partial charge in [-0.1, -0.05) is 60.7 Å². The maximum atomic E-state index is 12.0. The molecule has 4 nitrogen and oxygen atoms in total. The summed E-state index contributed by atoms with van der Waals surface area (Å²) in [6.07, 6.45) is 0.240.